The zero-order valence-electron chi connectivity index (χ0n) is 12.9. The van der Waals surface area contributed by atoms with Gasteiger partial charge in [-0.1, -0.05) is 6.92 Å². The summed E-state index contributed by atoms with van der Waals surface area (Å²) in [4.78, 5) is 16.3. The number of Topliss-reactive ketones (excluding diaryl/α,β-unsaturated/α-hetero) is 1. The fourth-order valence-electron chi connectivity index (χ4n) is 2.42. The molecule has 23 heavy (non-hydrogen) atoms. The van der Waals surface area contributed by atoms with E-state index in [0.29, 0.717) is 23.5 Å². The summed E-state index contributed by atoms with van der Waals surface area (Å²) < 4.78 is 20.2. The van der Waals surface area contributed by atoms with Crippen molar-refractivity contribution in [3.05, 3.63) is 48.0 Å². The van der Waals surface area contributed by atoms with Gasteiger partial charge in [0.2, 0.25) is 0 Å². The van der Waals surface area contributed by atoms with Crippen LogP contribution in [0.4, 0.5) is 4.39 Å². The maximum absolute atomic E-state index is 13.6. The lowest BCUT2D eigenvalue weighted by molar-refractivity contribution is 0.0976. The summed E-state index contributed by atoms with van der Waals surface area (Å²) in [5.74, 6) is -0.289. The van der Waals surface area contributed by atoms with Crippen molar-refractivity contribution in [1.29, 1.82) is 0 Å². The third-order valence-corrected chi connectivity index (χ3v) is 3.57. The van der Waals surface area contributed by atoms with E-state index in [1.807, 2.05) is 6.92 Å². The molecule has 0 aliphatic carbocycles. The minimum atomic E-state index is -0.430. The van der Waals surface area contributed by atoms with Crippen molar-refractivity contribution >= 4 is 11.4 Å². The van der Waals surface area contributed by atoms with Crippen molar-refractivity contribution in [3.63, 3.8) is 0 Å². The average molecular weight is 313 g/mol. The average Bonchev–Trinajstić information content (AvgIpc) is 3.00. The van der Waals surface area contributed by atoms with Gasteiger partial charge in [-0.15, -0.1) is 0 Å². The number of rotatable bonds is 5. The Balaban J connectivity index is 2.12. The molecule has 5 nitrogen and oxygen atoms in total. The normalized spacial score (nSPS) is 10.9. The third kappa shape index (κ3) is 2.79. The quantitative estimate of drug-likeness (QED) is 0.676. The molecule has 3 rings (SSSR count). The summed E-state index contributed by atoms with van der Waals surface area (Å²) in [7, 11) is 1.42. The van der Waals surface area contributed by atoms with E-state index in [4.69, 9.17) is 4.74 Å². The first-order valence-corrected chi connectivity index (χ1v) is 7.36. The Kier molecular flexibility index (Phi) is 4.06. The summed E-state index contributed by atoms with van der Waals surface area (Å²) in [5.41, 5.74) is 2.41. The van der Waals surface area contributed by atoms with Crippen LogP contribution in [-0.4, -0.2) is 27.5 Å². The molecule has 1 aromatic carbocycles. The number of nitrogens with zero attached hydrogens (tertiary/aromatic N) is 3. The molecule has 0 saturated carbocycles. The molecule has 0 fully saturated rings. The lowest BCUT2D eigenvalue weighted by Crippen LogP contribution is -2.01. The molecule has 0 saturated heterocycles. The summed E-state index contributed by atoms with van der Waals surface area (Å²) in [6.07, 6.45) is 2.85. The maximum atomic E-state index is 13.6. The molecular weight excluding hydrogens is 297 g/mol. The second-order valence-corrected chi connectivity index (χ2v) is 5.15. The zero-order chi connectivity index (χ0) is 16.4. The van der Waals surface area contributed by atoms with E-state index in [9.17, 15) is 9.18 Å². The Morgan fingerprint density at radius 2 is 2.13 bits per heavy atom. The van der Waals surface area contributed by atoms with Crippen molar-refractivity contribution < 1.29 is 13.9 Å². The van der Waals surface area contributed by atoms with Gasteiger partial charge in [-0.25, -0.2) is 13.9 Å². The van der Waals surface area contributed by atoms with E-state index < -0.39 is 5.82 Å². The Labute approximate surface area is 132 Å². The highest BCUT2D eigenvalue weighted by atomic mass is 19.1. The standard InChI is InChI=1S/C17H16FN3O2/c1-3-4-15(22)13-10-17-19-8-7-14(21(17)20-13)11-5-6-12(18)16(9-11)23-2/h5-10H,3-4H2,1-2H3. The number of hydrogen-bond acceptors (Lipinski definition) is 4. The molecule has 2 heterocycles. The van der Waals surface area contributed by atoms with Crippen LogP contribution in [0.3, 0.4) is 0 Å². The fraction of sp³-hybridized carbons (Fsp3) is 0.235. The molecule has 0 N–H and O–H groups in total. The van der Waals surface area contributed by atoms with Gasteiger partial charge in [-0.05, 0) is 30.7 Å². The molecule has 3 aromatic rings. The molecule has 0 unspecified atom stereocenters. The highest BCUT2D eigenvalue weighted by Gasteiger charge is 2.14. The lowest BCUT2D eigenvalue weighted by atomic mass is 10.1. The molecule has 0 bridgehead atoms. The number of halogens is 1. The first kappa shape index (κ1) is 15.1. The molecule has 2 aromatic heterocycles. The molecule has 0 amide bonds. The summed E-state index contributed by atoms with van der Waals surface area (Å²) >= 11 is 0. The van der Waals surface area contributed by atoms with Gasteiger partial charge in [-0.3, -0.25) is 4.79 Å². The Bertz CT molecular complexity index is 873. The fourth-order valence-corrected chi connectivity index (χ4v) is 2.42. The smallest absolute Gasteiger partial charge is 0.183 e. The Morgan fingerprint density at radius 3 is 2.87 bits per heavy atom. The maximum Gasteiger partial charge on any atom is 0.183 e. The van der Waals surface area contributed by atoms with E-state index in [1.54, 1.807) is 35.0 Å². The van der Waals surface area contributed by atoms with Crippen molar-refractivity contribution in [2.75, 3.05) is 7.11 Å². The number of ketones is 1. The molecule has 0 spiro atoms. The molecule has 0 atom stereocenters. The topological polar surface area (TPSA) is 56.5 Å². The predicted molar refractivity (Wildman–Crippen MR) is 84.2 cm³/mol. The lowest BCUT2D eigenvalue weighted by Gasteiger charge is -2.07. The number of methoxy groups -OCH3 is 1. The van der Waals surface area contributed by atoms with Crippen LogP contribution in [0.5, 0.6) is 5.75 Å². The van der Waals surface area contributed by atoms with Crippen LogP contribution in [0.2, 0.25) is 0 Å². The van der Waals surface area contributed by atoms with E-state index in [1.165, 1.54) is 13.2 Å². The minimum absolute atomic E-state index is 0.0133. The highest BCUT2D eigenvalue weighted by molar-refractivity contribution is 5.95. The van der Waals surface area contributed by atoms with E-state index >= 15 is 0 Å². The monoisotopic (exact) mass is 313 g/mol. The minimum Gasteiger partial charge on any atom is -0.494 e. The molecule has 0 radical (unpaired) electrons. The zero-order valence-corrected chi connectivity index (χ0v) is 12.9. The van der Waals surface area contributed by atoms with Crippen molar-refractivity contribution in [1.82, 2.24) is 14.6 Å². The van der Waals surface area contributed by atoms with Crippen LogP contribution >= 0.6 is 0 Å². The van der Waals surface area contributed by atoms with Gasteiger partial charge in [0, 0.05) is 24.2 Å². The summed E-state index contributed by atoms with van der Waals surface area (Å²) in [6.45, 7) is 1.95. The van der Waals surface area contributed by atoms with Crippen molar-refractivity contribution in [3.8, 4) is 17.0 Å². The predicted octanol–water partition coefficient (Wildman–Crippen LogP) is 3.53. The van der Waals surface area contributed by atoms with E-state index in [0.717, 1.165) is 12.0 Å². The molecule has 0 aliphatic heterocycles. The Hall–Kier alpha value is -2.76. The first-order valence-electron chi connectivity index (χ1n) is 7.36. The molecule has 6 heteroatoms. The number of carbonyl (C=O) groups is 1. The second kappa shape index (κ2) is 6.16. The van der Waals surface area contributed by atoms with Crippen LogP contribution in [0.1, 0.15) is 30.3 Å². The SMILES string of the molecule is CCCC(=O)c1cc2nccc(-c3ccc(F)c(OC)c3)n2n1. The number of fused-ring (bicyclic) bond motifs is 1. The van der Waals surface area contributed by atoms with E-state index in [-0.39, 0.29) is 11.5 Å². The van der Waals surface area contributed by atoms with Crippen LogP contribution < -0.4 is 4.74 Å². The van der Waals surface area contributed by atoms with Gasteiger partial charge in [0.1, 0.15) is 5.69 Å². The van der Waals surface area contributed by atoms with Gasteiger partial charge >= 0.3 is 0 Å². The number of carbonyl (C=O) groups excluding carboxylic acids is 1. The third-order valence-electron chi connectivity index (χ3n) is 3.57. The van der Waals surface area contributed by atoms with Crippen LogP contribution in [-0.2, 0) is 0 Å². The molecule has 0 aliphatic rings. The molecular formula is C17H16FN3O2. The summed E-state index contributed by atoms with van der Waals surface area (Å²) in [5, 5.41) is 4.36. The van der Waals surface area contributed by atoms with Crippen LogP contribution in [0.15, 0.2) is 36.5 Å². The second-order valence-electron chi connectivity index (χ2n) is 5.15. The first-order chi connectivity index (χ1) is 11.1. The summed E-state index contributed by atoms with van der Waals surface area (Å²) in [6, 6.07) is 8.01. The number of benzene rings is 1. The Morgan fingerprint density at radius 1 is 1.30 bits per heavy atom. The van der Waals surface area contributed by atoms with Gasteiger partial charge < -0.3 is 4.74 Å². The molecule has 118 valence electrons. The van der Waals surface area contributed by atoms with Gasteiger partial charge in [-0.2, -0.15) is 5.10 Å². The van der Waals surface area contributed by atoms with E-state index in [2.05, 4.69) is 10.1 Å². The highest BCUT2D eigenvalue weighted by Crippen LogP contribution is 2.26. The van der Waals surface area contributed by atoms with Gasteiger partial charge in [0.15, 0.2) is 23.0 Å². The number of ether oxygens (including phenoxy) is 1. The van der Waals surface area contributed by atoms with Gasteiger partial charge in [0.05, 0.1) is 12.8 Å². The van der Waals surface area contributed by atoms with Crippen LogP contribution in [0.25, 0.3) is 16.9 Å². The van der Waals surface area contributed by atoms with Crippen LogP contribution in [0, 0.1) is 5.82 Å². The van der Waals surface area contributed by atoms with Gasteiger partial charge in [0.25, 0.3) is 0 Å². The van der Waals surface area contributed by atoms with Crippen molar-refractivity contribution in [2.45, 2.75) is 19.8 Å². The largest absolute Gasteiger partial charge is 0.494 e. The van der Waals surface area contributed by atoms with Crippen molar-refractivity contribution in [2.24, 2.45) is 0 Å². The number of aromatic nitrogens is 3. The number of hydrogen-bond donors (Lipinski definition) is 0.